The predicted molar refractivity (Wildman–Crippen MR) is 84.3 cm³/mol. The zero-order valence-electron chi connectivity index (χ0n) is 11.5. The molecule has 0 saturated heterocycles. The first-order valence-electron chi connectivity index (χ1n) is 6.64. The van der Waals surface area contributed by atoms with Gasteiger partial charge in [0.25, 0.3) is 0 Å². The first-order chi connectivity index (χ1) is 10.1. The Morgan fingerprint density at radius 1 is 1.05 bits per heavy atom. The second kappa shape index (κ2) is 5.29. The summed E-state index contributed by atoms with van der Waals surface area (Å²) in [6.45, 7) is 1.69. The highest BCUT2D eigenvalue weighted by molar-refractivity contribution is 5.84. The highest BCUT2D eigenvalue weighted by Crippen LogP contribution is 2.26. The minimum Gasteiger partial charge on any atom is -0.507 e. The van der Waals surface area contributed by atoms with Gasteiger partial charge in [-0.15, -0.1) is 0 Å². The topological polar surface area (TPSA) is 50.4 Å². The lowest BCUT2D eigenvalue weighted by atomic mass is 10.1. The number of hydrogen-bond acceptors (Lipinski definition) is 3. The highest BCUT2D eigenvalue weighted by Gasteiger charge is 2.06. The Hall–Kier alpha value is -2.81. The molecule has 21 heavy (non-hydrogen) atoms. The molecule has 0 aliphatic carbocycles. The molecule has 0 radical (unpaired) electrons. The molecule has 0 fully saturated rings. The van der Waals surface area contributed by atoms with Crippen LogP contribution in [0.5, 0.6) is 5.75 Å². The fourth-order valence-corrected chi connectivity index (χ4v) is 2.16. The van der Waals surface area contributed by atoms with Gasteiger partial charge in [0.2, 0.25) is 0 Å². The summed E-state index contributed by atoms with van der Waals surface area (Å²) in [4.78, 5) is 11.6. The number of phenols is 1. The van der Waals surface area contributed by atoms with Crippen molar-refractivity contribution < 1.29 is 9.52 Å². The summed E-state index contributed by atoms with van der Waals surface area (Å²) in [6, 6.07) is 14.8. The fraction of sp³-hybridized carbons (Fsp3) is 0.0556. The molecule has 0 amide bonds. The van der Waals surface area contributed by atoms with Crippen LogP contribution >= 0.6 is 0 Å². The van der Waals surface area contributed by atoms with E-state index in [4.69, 9.17) is 4.42 Å². The minimum atomic E-state index is -0.355. The van der Waals surface area contributed by atoms with E-state index in [0.29, 0.717) is 22.1 Å². The number of aryl methyl sites for hydroxylation is 1. The molecule has 1 heterocycles. The smallest absolute Gasteiger partial charge is 0.339 e. The van der Waals surface area contributed by atoms with Crippen LogP contribution < -0.4 is 5.63 Å². The zero-order chi connectivity index (χ0) is 14.8. The summed E-state index contributed by atoms with van der Waals surface area (Å²) in [5, 5.41) is 10.8. The van der Waals surface area contributed by atoms with Crippen LogP contribution in [0.25, 0.3) is 23.1 Å². The summed E-state index contributed by atoms with van der Waals surface area (Å²) >= 11 is 0. The lowest BCUT2D eigenvalue weighted by Crippen LogP contribution is -2.01. The molecule has 0 bridgehead atoms. The van der Waals surface area contributed by atoms with E-state index in [1.54, 1.807) is 31.2 Å². The average Bonchev–Trinajstić information content (AvgIpc) is 2.48. The first-order valence-corrected chi connectivity index (χ1v) is 6.64. The molecule has 3 rings (SSSR count). The van der Waals surface area contributed by atoms with Crippen LogP contribution in [0, 0.1) is 6.92 Å². The van der Waals surface area contributed by atoms with E-state index in [1.807, 2.05) is 36.4 Å². The second-order valence-electron chi connectivity index (χ2n) is 4.91. The standard InChI is InChI=1S/C18H14O3/c1-12-9-15-10-16(19)14(11-17(15)21-18(12)20)8-7-13-5-3-2-4-6-13/h2-11,19H,1H3/b8-7+. The molecule has 0 aliphatic heterocycles. The number of rotatable bonds is 2. The summed E-state index contributed by atoms with van der Waals surface area (Å²) in [5.74, 6) is 0.155. The van der Waals surface area contributed by atoms with Gasteiger partial charge >= 0.3 is 5.63 Å². The Morgan fingerprint density at radius 2 is 1.81 bits per heavy atom. The second-order valence-corrected chi connectivity index (χ2v) is 4.91. The third-order valence-corrected chi connectivity index (χ3v) is 3.31. The maximum Gasteiger partial charge on any atom is 0.339 e. The molecular formula is C18H14O3. The van der Waals surface area contributed by atoms with E-state index in [1.165, 1.54) is 0 Å². The van der Waals surface area contributed by atoms with Crippen molar-refractivity contribution in [3.05, 3.63) is 75.6 Å². The van der Waals surface area contributed by atoms with Crippen molar-refractivity contribution in [1.82, 2.24) is 0 Å². The van der Waals surface area contributed by atoms with Gasteiger partial charge in [-0.3, -0.25) is 0 Å². The Kier molecular flexibility index (Phi) is 3.32. The molecular weight excluding hydrogens is 264 g/mol. The third-order valence-electron chi connectivity index (χ3n) is 3.31. The minimum absolute atomic E-state index is 0.155. The van der Waals surface area contributed by atoms with Crippen molar-refractivity contribution in [2.75, 3.05) is 0 Å². The van der Waals surface area contributed by atoms with E-state index in [0.717, 1.165) is 5.56 Å². The van der Waals surface area contributed by atoms with Crippen LogP contribution in [0.2, 0.25) is 0 Å². The first kappa shape index (κ1) is 13.2. The Balaban J connectivity index is 2.07. The maximum absolute atomic E-state index is 11.6. The van der Waals surface area contributed by atoms with Crippen LogP contribution in [-0.4, -0.2) is 5.11 Å². The molecule has 0 aliphatic rings. The van der Waals surface area contributed by atoms with Crippen molar-refractivity contribution in [3.8, 4) is 5.75 Å². The van der Waals surface area contributed by atoms with E-state index >= 15 is 0 Å². The summed E-state index contributed by atoms with van der Waals surface area (Å²) in [6.07, 6.45) is 3.69. The number of aromatic hydroxyl groups is 1. The Morgan fingerprint density at radius 3 is 2.57 bits per heavy atom. The van der Waals surface area contributed by atoms with Crippen molar-refractivity contribution >= 4 is 23.1 Å². The quantitative estimate of drug-likeness (QED) is 0.570. The molecule has 3 aromatic rings. The van der Waals surface area contributed by atoms with E-state index in [-0.39, 0.29) is 11.4 Å². The van der Waals surface area contributed by atoms with Crippen molar-refractivity contribution in [2.24, 2.45) is 0 Å². The van der Waals surface area contributed by atoms with Crippen LogP contribution in [0.3, 0.4) is 0 Å². The number of phenolic OH excluding ortho intramolecular Hbond substituents is 1. The molecule has 0 saturated carbocycles. The van der Waals surface area contributed by atoms with Crippen LogP contribution in [0.1, 0.15) is 16.7 Å². The monoisotopic (exact) mass is 278 g/mol. The lowest BCUT2D eigenvalue weighted by Gasteiger charge is -2.03. The Bertz CT molecular complexity index is 874. The average molecular weight is 278 g/mol. The summed E-state index contributed by atoms with van der Waals surface area (Å²) < 4.78 is 5.24. The van der Waals surface area contributed by atoms with Crippen molar-refractivity contribution in [1.29, 1.82) is 0 Å². The van der Waals surface area contributed by atoms with Gasteiger partial charge in [0.1, 0.15) is 11.3 Å². The molecule has 2 aromatic carbocycles. The van der Waals surface area contributed by atoms with Gasteiger partial charge in [0.15, 0.2) is 0 Å². The highest BCUT2D eigenvalue weighted by atomic mass is 16.4. The molecule has 3 nitrogen and oxygen atoms in total. The van der Waals surface area contributed by atoms with Gasteiger partial charge in [-0.1, -0.05) is 42.5 Å². The molecule has 0 spiro atoms. The van der Waals surface area contributed by atoms with E-state index in [2.05, 4.69) is 0 Å². The van der Waals surface area contributed by atoms with Gasteiger partial charge in [-0.25, -0.2) is 4.79 Å². The van der Waals surface area contributed by atoms with Gasteiger partial charge in [0.05, 0.1) is 0 Å². The third kappa shape index (κ3) is 2.72. The molecule has 1 aromatic heterocycles. The van der Waals surface area contributed by atoms with Gasteiger partial charge in [-0.2, -0.15) is 0 Å². The van der Waals surface area contributed by atoms with Crippen LogP contribution in [-0.2, 0) is 0 Å². The molecule has 104 valence electrons. The summed E-state index contributed by atoms with van der Waals surface area (Å²) in [7, 11) is 0. The van der Waals surface area contributed by atoms with Gasteiger partial charge in [0, 0.05) is 16.5 Å². The molecule has 3 heteroatoms. The van der Waals surface area contributed by atoms with E-state index in [9.17, 15) is 9.90 Å². The normalized spacial score (nSPS) is 11.3. The number of hydrogen-bond donors (Lipinski definition) is 1. The van der Waals surface area contributed by atoms with Crippen molar-refractivity contribution in [2.45, 2.75) is 6.92 Å². The molecule has 0 atom stereocenters. The Labute approximate surface area is 121 Å². The van der Waals surface area contributed by atoms with Crippen molar-refractivity contribution in [3.63, 3.8) is 0 Å². The maximum atomic E-state index is 11.6. The molecule has 1 N–H and O–H groups in total. The number of fused-ring (bicyclic) bond motifs is 1. The number of benzene rings is 2. The van der Waals surface area contributed by atoms with Crippen LogP contribution in [0.15, 0.2) is 57.7 Å². The lowest BCUT2D eigenvalue weighted by molar-refractivity contribution is 0.474. The predicted octanol–water partition coefficient (Wildman–Crippen LogP) is 3.98. The zero-order valence-corrected chi connectivity index (χ0v) is 11.5. The summed E-state index contributed by atoms with van der Waals surface area (Å²) in [5.41, 5.74) is 2.28. The SMILES string of the molecule is Cc1cc2cc(O)c(/C=C/c3ccccc3)cc2oc1=O. The van der Waals surface area contributed by atoms with Gasteiger partial charge in [-0.05, 0) is 30.7 Å². The molecule has 0 unspecified atom stereocenters. The largest absolute Gasteiger partial charge is 0.507 e. The fourth-order valence-electron chi connectivity index (χ4n) is 2.16. The van der Waals surface area contributed by atoms with E-state index < -0.39 is 0 Å². The van der Waals surface area contributed by atoms with Crippen LogP contribution in [0.4, 0.5) is 0 Å². The van der Waals surface area contributed by atoms with Gasteiger partial charge < -0.3 is 9.52 Å².